The monoisotopic (exact) mass is 353 g/mol. The van der Waals surface area contributed by atoms with E-state index in [9.17, 15) is 4.79 Å². The molecule has 0 N–H and O–H groups in total. The molecule has 6 heteroatoms. The topological polar surface area (TPSA) is 63.9 Å². The number of pyridine rings is 1. The highest BCUT2D eigenvalue weighted by Gasteiger charge is 2.32. The van der Waals surface area contributed by atoms with Gasteiger partial charge in [0, 0.05) is 19.3 Å². The molecule has 0 radical (unpaired) electrons. The molecule has 1 aliphatic carbocycles. The van der Waals surface area contributed by atoms with Gasteiger partial charge in [0.2, 0.25) is 0 Å². The van der Waals surface area contributed by atoms with Gasteiger partial charge in [0.25, 0.3) is 5.91 Å². The molecule has 0 aromatic carbocycles. The van der Waals surface area contributed by atoms with E-state index < -0.39 is 0 Å². The average Bonchev–Trinajstić information content (AvgIpc) is 3.37. The molecule has 2 aromatic heterocycles. The van der Waals surface area contributed by atoms with Crippen molar-refractivity contribution in [3.05, 3.63) is 42.0 Å². The van der Waals surface area contributed by atoms with E-state index in [4.69, 9.17) is 0 Å². The molecule has 2 aliphatic rings. The highest BCUT2D eigenvalue weighted by Crippen LogP contribution is 2.31. The summed E-state index contributed by atoms with van der Waals surface area (Å²) < 4.78 is 1.84. The van der Waals surface area contributed by atoms with Crippen molar-refractivity contribution in [2.24, 2.45) is 5.92 Å². The maximum Gasteiger partial charge on any atom is 0.276 e. The van der Waals surface area contributed by atoms with Crippen LogP contribution in [-0.4, -0.2) is 37.3 Å². The van der Waals surface area contributed by atoms with Crippen molar-refractivity contribution in [3.8, 4) is 0 Å². The van der Waals surface area contributed by atoms with Crippen LogP contribution in [0, 0.1) is 5.92 Å². The Balaban J connectivity index is 1.39. The molecule has 138 valence electrons. The average molecular weight is 353 g/mol. The van der Waals surface area contributed by atoms with Crippen LogP contribution in [0.4, 0.5) is 0 Å². The van der Waals surface area contributed by atoms with E-state index in [2.05, 4.69) is 15.3 Å². The second kappa shape index (κ2) is 7.98. The third kappa shape index (κ3) is 3.79. The van der Waals surface area contributed by atoms with Crippen LogP contribution in [0.1, 0.15) is 73.6 Å². The molecule has 1 amide bonds. The van der Waals surface area contributed by atoms with Gasteiger partial charge in [-0.25, -0.2) is 0 Å². The Bertz CT molecular complexity index is 723. The van der Waals surface area contributed by atoms with E-state index >= 15 is 0 Å². The molecule has 1 aliphatic heterocycles. The highest BCUT2D eigenvalue weighted by molar-refractivity contribution is 5.92. The molecule has 2 fully saturated rings. The number of amides is 1. The number of nitrogens with zero attached hydrogens (tertiary/aromatic N) is 5. The zero-order valence-electron chi connectivity index (χ0n) is 15.3. The van der Waals surface area contributed by atoms with Gasteiger partial charge < -0.3 is 4.90 Å². The Hall–Kier alpha value is -2.24. The van der Waals surface area contributed by atoms with E-state index in [1.54, 1.807) is 6.20 Å². The number of aryl methyl sites for hydroxylation is 1. The molecule has 2 aromatic rings. The SMILES string of the molecule is O=C(c1cn(CCC2CCCCC2)nn1)N1CCC[C@H]1c1ccccn1. The van der Waals surface area contributed by atoms with E-state index in [0.29, 0.717) is 5.69 Å². The third-order valence-electron chi connectivity index (χ3n) is 5.79. The molecule has 1 atom stereocenters. The van der Waals surface area contributed by atoms with Gasteiger partial charge in [0.1, 0.15) is 0 Å². The minimum Gasteiger partial charge on any atom is -0.329 e. The minimum atomic E-state index is -0.0259. The molecule has 0 unspecified atom stereocenters. The lowest BCUT2D eigenvalue weighted by atomic mass is 9.87. The van der Waals surface area contributed by atoms with Crippen LogP contribution in [0.5, 0.6) is 0 Å². The van der Waals surface area contributed by atoms with Crippen LogP contribution in [0.3, 0.4) is 0 Å². The summed E-state index contributed by atoms with van der Waals surface area (Å²) in [6.07, 6.45) is 13.5. The van der Waals surface area contributed by atoms with E-state index in [0.717, 1.165) is 44.0 Å². The summed E-state index contributed by atoms with van der Waals surface area (Å²) in [5.74, 6) is 0.779. The molecule has 26 heavy (non-hydrogen) atoms. The van der Waals surface area contributed by atoms with Crippen LogP contribution in [0.2, 0.25) is 0 Å². The van der Waals surface area contributed by atoms with Crippen molar-refractivity contribution in [3.63, 3.8) is 0 Å². The molecule has 3 heterocycles. The largest absolute Gasteiger partial charge is 0.329 e. The van der Waals surface area contributed by atoms with Crippen LogP contribution < -0.4 is 0 Å². The lowest BCUT2D eigenvalue weighted by Crippen LogP contribution is -2.31. The van der Waals surface area contributed by atoms with Gasteiger partial charge in [-0.2, -0.15) is 0 Å². The Morgan fingerprint density at radius 3 is 2.81 bits per heavy atom. The molecule has 0 bridgehead atoms. The normalized spacial score (nSPS) is 21.2. The van der Waals surface area contributed by atoms with E-state index in [1.165, 1.54) is 32.1 Å². The summed E-state index contributed by atoms with van der Waals surface area (Å²) in [4.78, 5) is 19.3. The van der Waals surface area contributed by atoms with E-state index in [1.807, 2.05) is 34.0 Å². The molecular weight excluding hydrogens is 326 g/mol. The molecule has 0 spiro atoms. The number of carbonyl (C=O) groups is 1. The van der Waals surface area contributed by atoms with Crippen LogP contribution in [-0.2, 0) is 6.54 Å². The second-order valence-corrected chi connectivity index (χ2v) is 7.57. The van der Waals surface area contributed by atoms with Crippen molar-refractivity contribution in [2.75, 3.05) is 6.54 Å². The number of hydrogen-bond acceptors (Lipinski definition) is 4. The predicted molar refractivity (Wildman–Crippen MR) is 98.5 cm³/mol. The first kappa shape index (κ1) is 17.2. The number of aromatic nitrogens is 4. The zero-order valence-corrected chi connectivity index (χ0v) is 15.3. The summed E-state index contributed by atoms with van der Waals surface area (Å²) in [7, 11) is 0. The molecule has 4 rings (SSSR count). The van der Waals surface area contributed by atoms with Crippen LogP contribution in [0.25, 0.3) is 0 Å². The first-order chi connectivity index (χ1) is 12.8. The van der Waals surface area contributed by atoms with Gasteiger partial charge in [-0.3, -0.25) is 14.5 Å². The molecular formula is C20H27N5O. The number of hydrogen-bond donors (Lipinski definition) is 0. The van der Waals surface area contributed by atoms with E-state index in [-0.39, 0.29) is 11.9 Å². The van der Waals surface area contributed by atoms with Gasteiger partial charge >= 0.3 is 0 Å². The quantitative estimate of drug-likeness (QED) is 0.823. The standard InChI is InChI=1S/C20H27N5O/c26-20(25-13-6-10-19(25)17-9-4-5-12-21-17)18-15-24(23-22-18)14-11-16-7-2-1-3-8-16/h4-5,9,12,15-16,19H,1-3,6-8,10-11,13-14H2/t19-/m0/s1. The maximum atomic E-state index is 12.9. The summed E-state index contributed by atoms with van der Waals surface area (Å²) >= 11 is 0. The maximum absolute atomic E-state index is 12.9. The first-order valence-electron chi connectivity index (χ1n) is 9.93. The molecule has 6 nitrogen and oxygen atoms in total. The third-order valence-corrected chi connectivity index (χ3v) is 5.79. The summed E-state index contributed by atoms with van der Waals surface area (Å²) in [6.45, 7) is 1.61. The van der Waals surface area contributed by atoms with Gasteiger partial charge in [-0.1, -0.05) is 43.4 Å². The zero-order chi connectivity index (χ0) is 17.8. The summed E-state index contributed by atoms with van der Waals surface area (Å²) in [5, 5.41) is 8.35. The van der Waals surface area contributed by atoms with Gasteiger partial charge in [-0.15, -0.1) is 5.10 Å². The van der Waals surface area contributed by atoms with Crippen molar-refractivity contribution >= 4 is 5.91 Å². The lowest BCUT2D eigenvalue weighted by molar-refractivity contribution is 0.0727. The summed E-state index contributed by atoms with van der Waals surface area (Å²) in [5.41, 5.74) is 1.42. The van der Waals surface area contributed by atoms with Gasteiger partial charge in [0.05, 0.1) is 17.9 Å². The Labute approximate surface area is 154 Å². The molecule has 1 saturated heterocycles. The Kier molecular flexibility index (Phi) is 5.27. The number of likely N-dealkylation sites (tertiary alicyclic amines) is 1. The lowest BCUT2D eigenvalue weighted by Gasteiger charge is -2.23. The smallest absolute Gasteiger partial charge is 0.276 e. The van der Waals surface area contributed by atoms with Gasteiger partial charge in [-0.05, 0) is 37.3 Å². The van der Waals surface area contributed by atoms with Crippen molar-refractivity contribution < 1.29 is 4.79 Å². The second-order valence-electron chi connectivity index (χ2n) is 7.57. The fourth-order valence-electron chi connectivity index (χ4n) is 4.33. The van der Waals surface area contributed by atoms with Crippen LogP contribution in [0.15, 0.2) is 30.6 Å². The Morgan fingerprint density at radius 2 is 2.00 bits per heavy atom. The minimum absolute atomic E-state index is 0.0259. The highest BCUT2D eigenvalue weighted by atomic mass is 16.2. The van der Waals surface area contributed by atoms with Crippen LogP contribution >= 0.6 is 0 Å². The van der Waals surface area contributed by atoms with Crippen molar-refractivity contribution in [2.45, 2.75) is 64.0 Å². The fourth-order valence-corrected chi connectivity index (χ4v) is 4.33. The van der Waals surface area contributed by atoms with Crippen molar-refractivity contribution in [1.29, 1.82) is 0 Å². The first-order valence-corrected chi connectivity index (χ1v) is 9.93. The van der Waals surface area contributed by atoms with Crippen molar-refractivity contribution in [1.82, 2.24) is 24.9 Å². The summed E-state index contributed by atoms with van der Waals surface area (Å²) in [6, 6.07) is 5.93. The predicted octanol–water partition coefficient (Wildman–Crippen LogP) is 3.62. The van der Waals surface area contributed by atoms with Gasteiger partial charge in [0.15, 0.2) is 5.69 Å². The molecule has 1 saturated carbocycles. The number of rotatable bonds is 5. The Morgan fingerprint density at radius 1 is 1.12 bits per heavy atom. The number of carbonyl (C=O) groups excluding carboxylic acids is 1. The fraction of sp³-hybridized carbons (Fsp3) is 0.600.